The Bertz CT molecular complexity index is 1500. The lowest BCUT2D eigenvalue weighted by Gasteiger charge is -2.37. The summed E-state index contributed by atoms with van der Waals surface area (Å²) < 4.78 is 47.3. The Kier molecular flexibility index (Phi) is 8.65. The Labute approximate surface area is 228 Å². The number of nitrogens with zero attached hydrogens (tertiary/aromatic N) is 3. The third kappa shape index (κ3) is 6.45. The van der Waals surface area contributed by atoms with Crippen molar-refractivity contribution >= 4 is 15.9 Å². The topological polar surface area (TPSA) is 100 Å². The number of hydrogen-bond donors (Lipinski definition) is 1. The predicted octanol–water partition coefficient (Wildman–Crippen LogP) is 3.16. The van der Waals surface area contributed by atoms with Gasteiger partial charge in [0.1, 0.15) is 17.5 Å². The first kappa shape index (κ1) is 28.2. The van der Waals surface area contributed by atoms with Crippen molar-refractivity contribution in [2.24, 2.45) is 5.92 Å². The number of aliphatic hydroxyl groups excluding tert-OH is 1. The molecule has 0 radical (unpaired) electrons. The molecular weight excluding hydrogens is 521 g/mol. The summed E-state index contributed by atoms with van der Waals surface area (Å²) in [6, 6.07) is 15.3. The van der Waals surface area contributed by atoms with Gasteiger partial charge in [-0.15, -0.1) is 0 Å². The van der Waals surface area contributed by atoms with Gasteiger partial charge in [-0.2, -0.15) is 4.31 Å². The van der Waals surface area contributed by atoms with Crippen LogP contribution in [0.1, 0.15) is 35.3 Å². The highest BCUT2D eigenvalue weighted by Crippen LogP contribution is 2.28. The normalized spacial score (nSPS) is 18.3. The standard InChI is InChI=1S/C29H30FN3O5S/c1-20-17-33(21(2)19-34)29(35)26-14-23(13-12-22-8-5-4-6-9-22)16-31-28(26)38-27(20)18-32(3)39(36,37)25-11-7-10-24(30)15-25/h4-11,14-16,20-21,27,34H,17-19H2,1-3H3/t20-,21+,27-/m0/s1. The van der Waals surface area contributed by atoms with Gasteiger partial charge in [-0.1, -0.05) is 43.0 Å². The molecule has 1 aromatic heterocycles. The summed E-state index contributed by atoms with van der Waals surface area (Å²) in [4.78, 5) is 19.3. The van der Waals surface area contributed by atoms with Gasteiger partial charge in [-0.3, -0.25) is 4.79 Å². The number of fused-ring (bicyclic) bond motifs is 1. The number of carbonyl (C=O) groups excluding carboxylic acids is 1. The largest absolute Gasteiger partial charge is 0.472 e. The first-order valence-corrected chi connectivity index (χ1v) is 13.9. The highest BCUT2D eigenvalue weighted by Gasteiger charge is 2.36. The molecule has 0 unspecified atom stereocenters. The van der Waals surface area contributed by atoms with E-state index in [-0.39, 0.29) is 47.9 Å². The molecule has 1 aliphatic rings. The highest BCUT2D eigenvalue weighted by atomic mass is 32.2. The van der Waals surface area contributed by atoms with Crippen LogP contribution in [0.4, 0.5) is 4.39 Å². The number of aliphatic hydroxyl groups is 1. The van der Waals surface area contributed by atoms with E-state index < -0.39 is 28.0 Å². The quantitative estimate of drug-likeness (QED) is 0.473. The number of ether oxygens (including phenoxy) is 1. The summed E-state index contributed by atoms with van der Waals surface area (Å²) in [5.41, 5.74) is 1.48. The molecule has 10 heteroatoms. The molecule has 0 bridgehead atoms. The Balaban J connectivity index is 1.68. The molecule has 204 valence electrons. The summed E-state index contributed by atoms with van der Waals surface area (Å²) in [6.07, 6.45) is 0.797. The fourth-order valence-electron chi connectivity index (χ4n) is 4.21. The molecule has 3 atom stereocenters. The van der Waals surface area contributed by atoms with Crippen LogP contribution >= 0.6 is 0 Å². The lowest BCUT2D eigenvalue weighted by atomic mass is 10.0. The molecule has 0 saturated carbocycles. The molecule has 3 aromatic rings. The van der Waals surface area contributed by atoms with Crippen LogP contribution in [0.15, 0.2) is 71.8 Å². The zero-order valence-electron chi connectivity index (χ0n) is 21.9. The van der Waals surface area contributed by atoms with Crippen LogP contribution in [0.2, 0.25) is 0 Å². The van der Waals surface area contributed by atoms with Crippen LogP contribution in [0, 0.1) is 23.6 Å². The lowest BCUT2D eigenvalue weighted by molar-refractivity contribution is 0.0373. The second kappa shape index (κ2) is 11.9. The first-order valence-electron chi connectivity index (χ1n) is 12.5. The summed E-state index contributed by atoms with van der Waals surface area (Å²) in [7, 11) is -2.62. The lowest BCUT2D eigenvalue weighted by Crippen LogP contribution is -2.50. The van der Waals surface area contributed by atoms with Crippen molar-refractivity contribution in [3.8, 4) is 17.7 Å². The monoisotopic (exact) mass is 551 g/mol. The Morgan fingerprint density at radius 1 is 1.15 bits per heavy atom. The third-order valence-corrected chi connectivity index (χ3v) is 8.41. The van der Waals surface area contributed by atoms with Crippen LogP contribution in [0.5, 0.6) is 5.88 Å². The van der Waals surface area contributed by atoms with Gasteiger partial charge in [0.15, 0.2) is 0 Å². The minimum absolute atomic E-state index is 0.0495. The van der Waals surface area contributed by atoms with Crippen molar-refractivity contribution in [1.82, 2.24) is 14.2 Å². The molecule has 2 aromatic carbocycles. The van der Waals surface area contributed by atoms with Crippen molar-refractivity contribution in [3.05, 3.63) is 89.4 Å². The van der Waals surface area contributed by atoms with E-state index in [0.29, 0.717) is 5.56 Å². The number of aromatic nitrogens is 1. The molecule has 0 aliphatic carbocycles. The van der Waals surface area contributed by atoms with Crippen molar-refractivity contribution in [3.63, 3.8) is 0 Å². The molecule has 39 heavy (non-hydrogen) atoms. The van der Waals surface area contributed by atoms with Gasteiger partial charge in [-0.25, -0.2) is 17.8 Å². The zero-order valence-corrected chi connectivity index (χ0v) is 22.7. The number of carbonyl (C=O) groups is 1. The Morgan fingerprint density at radius 2 is 1.87 bits per heavy atom. The van der Waals surface area contributed by atoms with E-state index in [2.05, 4.69) is 16.8 Å². The SMILES string of the molecule is C[C@H](CO)N1C[C@H](C)[C@H](CN(C)S(=O)(=O)c2cccc(F)c2)Oc2ncc(C#Cc3ccccc3)cc2C1=O. The van der Waals surface area contributed by atoms with Gasteiger partial charge in [0.2, 0.25) is 15.9 Å². The number of pyridine rings is 1. The maximum Gasteiger partial charge on any atom is 0.259 e. The molecule has 2 heterocycles. The Hall–Kier alpha value is -3.78. The number of rotatable bonds is 6. The molecular formula is C29H30FN3O5S. The van der Waals surface area contributed by atoms with E-state index >= 15 is 0 Å². The second-order valence-corrected chi connectivity index (χ2v) is 11.6. The second-order valence-electron chi connectivity index (χ2n) is 9.56. The fraction of sp³-hybridized carbons (Fsp3) is 0.310. The van der Waals surface area contributed by atoms with Gasteiger partial charge in [0.05, 0.1) is 24.1 Å². The third-order valence-electron chi connectivity index (χ3n) is 6.59. The summed E-state index contributed by atoms with van der Waals surface area (Å²) in [6.45, 7) is 3.44. The van der Waals surface area contributed by atoms with Gasteiger partial charge in [0, 0.05) is 36.8 Å². The van der Waals surface area contributed by atoms with Crippen molar-refractivity contribution in [2.45, 2.75) is 30.9 Å². The predicted molar refractivity (Wildman–Crippen MR) is 144 cm³/mol. The highest BCUT2D eigenvalue weighted by molar-refractivity contribution is 7.89. The van der Waals surface area contributed by atoms with Gasteiger partial charge < -0.3 is 14.7 Å². The molecule has 8 nitrogen and oxygen atoms in total. The summed E-state index contributed by atoms with van der Waals surface area (Å²) in [5, 5.41) is 9.85. The van der Waals surface area contributed by atoms with Crippen LogP contribution in [-0.4, -0.2) is 72.5 Å². The smallest absolute Gasteiger partial charge is 0.259 e. The molecule has 1 aliphatic heterocycles. The minimum atomic E-state index is -4.01. The van der Waals surface area contributed by atoms with E-state index in [1.165, 1.54) is 36.3 Å². The fourth-order valence-corrected chi connectivity index (χ4v) is 5.43. The Morgan fingerprint density at radius 3 is 2.56 bits per heavy atom. The van der Waals surface area contributed by atoms with Crippen molar-refractivity contribution in [2.75, 3.05) is 26.7 Å². The average molecular weight is 552 g/mol. The van der Waals surface area contributed by atoms with Gasteiger partial charge in [0.25, 0.3) is 5.91 Å². The van der Waals surface area contributed by atoms with Crippen LogP contribution in [0.3, 0.4) is 0 Å². The summed E-state index contributed by atoms with van der Waals surface area (Å²) in [5.74, 6) is 4.75. The molecule has 0 spiro atoms. The number of benzene rings is 2. The zero-order chi connectivity index (χ0) is 28.2. The van der Waals surface area contributed by atoms with Crippen LogP contribution in [-0.2, 0) is 10.0 Å². The average Bonchev–Trinajstić information content (AvgIpc) is 2.93. The van der Waals surface area contributed by atoms with Crippen molar-refractivity contribution in [1.29, 1.82) is 0 Å². The molecule has 4 rings (SSSR count). The van der Waals surface area contributed by atoms with Gasteiger partial charge in [-0.05, 0) is 43.3 Å². The van der Waals surface area contributed by atoms with E-state index in [9.17, 15) is 22.7 Å². The molecule has 1 N–H and O–H groups in total. The summed E-state index contributed by atoms with van der Waals surface area (Å²) >= 11 is 0. The van der Waals surface area contributed by atoms with E-state index in [1.807, 2.05) is 37.3 Å². The van der Waals surface area contributed by atoms with E-state index in [0.717, 1.165) is 15.9 Å². The van der Waals surface area contributed by atoms with Gasteiger partial charge >= 0.3 is 0 Å². The number of amides is 1. The van der Waals surface area contributed by atoms with Crippen molar-refractivity contribution < 1.29 is 27.4 Å². The number of halogens is 1. The maximum absolute atomic E-state index is 13.7. The minimum Gasteiger partial charge on any atom is -0.472 e. The van der Waals surface area contributed by atoms with E-state index in [4.69, 9.17) is 4.74 Å². The molecule has 0 fully saturated rings. The number of likely N-dealkylation sites (N-methyl/N-ethyl adjacent to an activating group) is 1. The number of hydrogen-bond acceptors (Lipinski definition) is 6. The molecule has 1 amide bonds. The van der Waals surface area contributed by atoms with Crippen LogP contribution in [0.25, 0.3) is 0 Å². The van der Waals surface area contributed by atoms with E-state index in [1.54, 1.807) is 13.0 Å². The first-order chi connectivity index (χ1) is 18.6. The maximum atomic E-state index is 13.7. The number of sulfonamides is 1. The molecule has 0 saturated heterocycles. The van der Waals surface area contributed by atoms with Crippen LogP contribution < -0.4 is 4.74 Å².